The van der Waals surface area contributed by atoms with Crippen molar-refractivity contribution in [2.45, 2.75) is 0 Å². The van der Waals surface area contributed by atoms with Crippen LogP contribution >= 0.6 is 0 Å². The van der Waals surface area contributed by atoms with Crippen molar-refractivity contribution in [3.05, 3.63) is 25.3 Å². The Morgan fingerprint density at radius 1 is 1.00 bits per heavy atom. The van der Waals surface area contributed by atoms with Gasteiger partial charge in [0.1, 0.15) is 0 Å². The van der Waals surface area contributed by atoms with Crippen LogP contribution in [0.3, 0.4) is 0 Å². The second-order valence-electron chi connectivity index (χ2n) is 1.01. The average Bonchev–Trinajstić information content (AvgIpc) is 1.89. The number of carboxylic acids is 2. The Hall–Kier alpha value is -1.58. The standard InChI is InChI=1S/C4H4O4.C2H4/c5-3(6)1-2-4(7)8;1-2/h1-2H,(H,5,6)(H,7,8);1-2H2/b2-1-;. The predicted molar refractivity (Wildman–Crippen MR) is 35.7 cm³/mol. The highest BCUT2D eigenvalue weighted by Gasteiger charge is 1.88. The van der Waals surface area contributed by atoms with Gasteiger partial charge >= 0.3 is 11.9 Å². The van der Waals surface area contributed by atoms with Crippen LogP contribution in [0.15, 0.2) is 25.3 Å². The molecular formula is C6H8O4. The lowest BCUT2D eigenvalue weighted by molar-refractivity contribution is -0.134. The first-order chi connectivity index (χ1) is 4.63. The molecule has 0 saturated heterocycles. The van der Waals surface area contributed by atoms with Crippen molar-refractivity contribution in [3.63, 3.8) is 0 Å². The molecule has 0 saturated carbocycles. The average molecular weight is 144 g/mol. The molecule has 0 heterocycles. The minimum absolute atomic E-state index is 0.558. The number of rotatable bonds is 2. The molecule has 0 aliphatic rings. The zero-order chi connectivity index (χ0) is 8.57. The summed E-state index contributed by atoms with van der Waals surface area (Å²) in [6.45, 7) is 6.00. The zero-order valence-corrected chi connectivity index (χ0v) is 5.28. The molecule has 2 N–H and O–H groups in total. The van der Waals surface area contributed by atoms with Crippen molar-refractivity contribution in [1.82, 2.24) is 0 Å². The molecule has 0 aromatic rings. The molecule has 0 rings (SSSR count). The number of hydrogen-bond acceptors (Lipinski definition) is 2. The van der Waals surface area contributed by atoms with Crippen LogP contribution in [-0.2, 0) is 9.59 Å². The van der Waals surface area contributed by atoms with Crippen molar-refractivity contribution >= 4 is 11.9 Å². The summed E-state index contributed by atoms with van der Waals surface area (Å²) >= 11 is 0. The molecule has 0 unspecified atom stereocenters. The van der Waals surface area contributed by atoms with Crippen molar-refractivity contribution < 1.29 is 19.8 Å². The summed E-state index contributed by atoms with van der Waals surface area (Å²) in [7, 11) is 0. The summed E-state index contributed by atoms with van der Waals surface area (Å²) in [5.41, 5.74) is 0. The first-order valence-electron chi connectivity index (χ1n) is 2.27. The predicted octanol–water partition coefficient (Wildman–Crippen LogP) is 0.514. The molecule has 0 bridgehead atoms. The third-order valence-electron chi connectivity index (χ3n) is 0.368. The van der Waals surface area contributed by atoms with Gasteiger partial charge in [-0.25, -0.2) is 9.59 Å². The summed E-state index contributed by atoms with van der Waals surface area (Å²) in [6, 6.07) is 0. The molecule has 0 aliphatic heterocycles. The molecule has 0 atom stereocenters. The lowest BCUT2D eigenvalue weighted by Crippen LogP contribution is -1.91. The second kappa shape index (κ2) is 7.42. The highest BCUT2D eigenvalue weighted by Crippen LogP contribution is 1.70. The smallest absolute Gasteiger partial charge is 0.328 e. The quantitative estimate of drug-likeness (QED) is 0.437. The van der Waals surface area contributed by atoms with E-state index in [9.17, 15) is 9.59 Å². The van der Waals surface area contributed by atoms with Gasteiger partial charge in [-0.3, -0.25) is 0 Å². The molecule has 10 heavy (non-hydrogen) atoms. The maximum Gasteiger partial charge on any atom is 0.328 e. The first-order valence-corrected chi connectivity index (χ1v) is 2.27. The van der Waals surface area contributed by atoms with Gasteiger partial charge in [-0.05, 0) is 0 Å². The van der Waals surface area contributed by atoms with Gasteiger partial charge in [-0.1, -0.05) is 0 Å². The van der Waals surface area contributed by atoms with Crippen molar-refractivity contribution in [2.75, 3.05) is 0 Å². The molecule has 56 valence electrons. The maximum absolute atomic E-state index is 9.55. The Kier molecular flexibility index (Phi) is 8.35. The van der Waals surface area contributed by atoms with Crippen molar-refractivity contribution in [2.24, 2.45) is 0 Å². The van der Waals surface area contributed by atoms with Gasteiger partial charge in [0.15, 0.2) is 0 Å². The van der Waals surface area contributed by atoms with Crippen LogP contribution in [0.4, 0.5) is 0 Å². The van der Waals surface area contributed by atoms with E-state index in [0.29, 0.717) is 12.2 Å². The number of carboxylic acid groups (broad SMARTS) is 2. The van der Waals surface area contributed by atoms with Crippen molar-refractivity contribution in [1.29, 1.82) is 0 Å². The molecule has 0 radical (unpaired) electrons. The van der Waals surface area contributed by atoms with Crippen LogP contribution in [0, 0.1) is 0 Å². The molecule has 0 aromatic heterocycles. The second-order valence-corrected chi connectivity index (χ2v) is 1.01. The SMILES string of the molecule is C=C.O=C(O)/C=C\C(=O)O. The van der Waals surface area contributed by atoms with Gasteiger partial charge in [-0.15, -0.1) is 13.2 Å². The first kappa shape index (κ1) is 11.2. The van der Waals surface area contributed by atoms with Gasteiger partial charge in [0.05, 0.1) is 0 Å². The fourth-order valence-electron chi connectivity index (χ4n) is 0.143. The van der Waals surface area contributed by atoms with E-state index in [2.05, 4.69) is 13.2 Å². The third kappa shape index (κ3) is 16.1. The van der Waals surface area contributed by atoms with E-state index in [-0.39, 0.29) is 0 Å². The third-order valence-corrected chi connectivity index (χ3v) is 0.368. The van der Waals surface area contributed by atoms with Gasteiger partial charge < -0.3 is 10.2 Å². The van der Waals surface area contributed by atoms with E-state index in [1.807, 2.05) is 0 Å². The normalized spacial score (nSPS) is 8.00. The Bertz CT molecular complexity index is 132. The molecular weight excluding hydrogens is 136 g/mol. The Labute approximate surface area is 58.1 Å². The largest absolute Gasteiger partial charge is 0.478 e. The number of aliphatic carboxylic acids is 2. The number of carbonyl (C=O) groups is 2. The van der Waals surface area contributed by atoms with Crippen LogP contribution in [-0.4, -0.2) is 22.2 Å². The van der Waals surface area contributed by atoms with E-state index < -0.39 is 11.9 Å². The van der Waals surface area contributed by atoms with E-state index in [4.69, 9.17) is 10.2 Å². The zero-order valence-electron chi connectivity index (χ0n) is 5.28. The van der Waals surface area contributed by atoms with E-state index in [1.165, 1.54) is 0 Å². The summed E-state index contributed by atoms with van der Waals surface area (Å²) in [5, 5.41) is 15.6. The molecule has 0 fully saturated rings. The molecule has 0 spiro atoms. The Balaban J connectivity index is 0. The fourth-order valence-corrected chi connectivity index (χ4v) is 0.143. The van der Waals surface area contributed by atoms with Gasteiger partial charge in [0.2, 0.25) is 0 Å². The number of hydrogen-bond donors (Lipinski definition) is 2. The van der Waals surface area contributed by atoms with Crippen LogP contribution in [0.25, 0.3) is 0 Å². The van der Waals surface area contributed by atoms with Crippen LogP contribution in [0.5, 0.6) is 0 Å². The highest BCUT2D eigenvalue weighted by molar-refractivity contribution is 5.89. The van der Waals surface area contributed by atoms with Crippen LogP contribution in [0.2, 0.25) is 0 Å². The summed E-state index contributed by atoms with van der Waals surface area (Å²) < 4.78 is 0. The summed E-state index contributed by atoms with van der Waals surface area (Å²) in [4.78, 5) is 19.1. The minimum atomic E-state index is -1.26. The van der Waals surface area contributed by atoms with E-state index in [1.54, 1.807) is 0 Å². The van der Waals surface area contributed by atoms with Gasteiger partial charge in [0, 0.05) is 12.2 Å². The summed E-state index contributed by atoms with van der Waals surface area (Å²) in [5.74, 6) is -2.51. The molecule has 0 amide bonds. The molecule has 4 nitrogen and oxygen atoms in total. The molecule has 0 aromatic carbocycles. The Morgan fingerprint density at radius 2 is 1.20 bits per heavy atom. The van der Waals surface area contributed by atoms with Crippen LogP contribution in [0.1, 0.15) is 0 Å². The lowest BCUT2D eigenvalue weighted by Gasteiger charge is -1.74. The van der Waals surface area contributed by atoms with Crippen molar-refractivity contribution in [3.8, 4) is 0 Å². The highest BCUT2D eigenvalue weighted by atomic mass is 16.4. The minimum Gasteiger partial charge on any atom is -0.478 e. The fraction of sp³-hybridized carbons (Fsp3) is 0. The summed E-state index contributed by atoms with van der Waals surface area (Å²) in [6.07, 6.45) is 1.12. The van der Waals surface area contributed by atoms with Gasteiger partial charge in [0.25, 0.3) is 0 Å². The van der Waals surface area contributed by atoms with Gasteiger partial charge in [-0.2, -0.15) is 0 Å². The van der Waals surface area contributed by atoms with Crippen LogP contribution < -0.4 is 0 Å². The Morgan fingerprint density at radius 3 is 1.30 bits per heavy atom. The monoisotopic (exact) mass is 144 g/mol. The molecule has 0 aliphatic carbocycles. The van der Waals surface area contributed by atoms with E-state index in [0.717, 1.165) is 0 Å². The van der Waals surface area contributed by atoms with E-state index >= 15 is 0 Å². The maximum atomic E-state index is 9.55. The molecule has 4 heteroatoms. The lowest BCUT2D eigenvalue weighted by atomic mass is 10.5. The topological polar surface area (TPSA) is 74.6 Å².